The molecule has 2 aromatic rings. The molecule has 0 aromatic heterocycles. The Morgan fingerprint density at radius 1 is 1.11 bits per heavy atom. The number of unbranched alkanes of at least 4 members (excludes halogenated alkanes) is 1. The fraction of sp³-hybridized carbons (Fsp3) is 0.440. The van der Waals surface area contributed by atoms with Crippen LogP contribution in [0.25, 0.3) is 0 Å². The van der Waals surface area contributed by atoms with Crippen LogP contribution in [-0.4, -0.2) is 57.1 Å². The van der Waals surface area contributed by atoms with Crippen LogP contribution in [0.2, 0.25) is 5.02 Å². The molecule has 0 fully saturated rings. The standard InChI is InChI=1S/C25H33ClFN3O4S/c1-4-6-15-28-25(32)23(5-2)29(16-14-19-10-8-7-9-11-19)24(31)18-30(35(3,33)34)20-12-13-22(27)21(26)17-20/h7-13,17,23H,4-6,14-16,18H2,1-3H3,(H,28,32)/t23-/m0/s1. The first-order valence-electron chi connectivity index (χ1n) is 11.6. The molecule has 0 radical (unpaired) electrons. The topological polar surface area (TPSA) is 86.8 Å². The molecule has 10 heteroatoms. The summed E-state index contributed by atoms with van der Waals surface area (Å²) in [6, 6.07) is 12.2. The maximum absolute atomic E-state index is 13.7. The molecular weight excluding hydrogens is 493 g/mol. The van der Waals surface area contributed by atoms with Crippen molar-refractivity contribution in [2.24, 2.45) is 0 Å². The van der Waals surface area contributed by atoms with Crippen molar-refractivity contribution in [2.75, 3.05) is 30.2 Å². The summed E-state index contributed by atoms with van der Waals surface area (Å²) in [5, 5.41) is 2.62. The van der Waals surface area contributed by atoms with E-state index in [1.807, 2.05) is 37.3 Å². The van der Waals surface area contributed by atoms with Crippen LogP contribution < -0.4 is 9.62 Å². The SMILES string of the molecule is CCCCNC(=O)[C@H](CC)N(CCc1ccccc1)C(=O)CN(c1ccc(F)c(Cl)c1)S(C)(=O)=O. The Hall–Kier alpha value is -2.65. The highest BCUT2D eigenvalue weighted by atomic mass is 35.5. The second kappa shape index (κ2) is 13.4. The molecule has 2 rings (SSSR count). The Balaban J connectivity index is 2.34. The van der Waals surface area contributed by atoms with Crippen LogP contribution in [0.1, 0.15) is 38.7 Å². The number of hydrogen-bond donors (Lipinski definition) is 1. The predicted molar refractivity (Wildman–Crippen MR) is 137 cm³/mol. The zero-order valence-corrected chi connectivity index (χ0v) is 21.9. The minimum absolute atomic E-state index is 0.0655. The molecule has 0 aliphatic carbocycles. The molecule has 192 valence electrons. The number of hydrogen-bond acceptors (Lipinski definition) is 4. The van der Waals surface area contributed by atoms with E-state index in [4.69, 9.17) is 11.6 Å². The van der Waals surface area contributed by atoms with Crippen molar-refractivity contribution in [1.29, 1.82) is 0 Å². The van der Waals surface area contributed by atoms with Crippen LogP contribution in [0.4, 0.5) is 10.1 Å². The number of carbonyl (C=O) groups excluding carboxylic acids is 2. The van der Waals surface area contributed by atoms with E-state index < -0.39 is 34.3 Å². The van der Waals surface area contributed by atoms with E-state index in [0.29, 0.717) is 19.4 Å². The Kier molecular flexibility index (Phi) is 11.0. The third-order valence-electron chi connectivity index (χ3n) is 5.57. The zero-order chi connectivity index (χ0) is 26.0. The smallest absolute Gasteiger partial charge is 0.244 e. The van der Waals surface area contributed by atoms with Gasteiger partial charge in [0.1, 0.15) is 18.4 Å². The molecular formula is C25H33ClFN3O4S. The first-order chi connectivity index (χ1) is 16.6. The van der Waals surface area contributed by atoms with Gasteiger partial charge in [0.2, 0.25) is 21.8 Å². The molecule has 0 saturated heterocycles. The number of anilines is 1. The van der Waals surface area contributed by atoms with Crippen LogP contribution >= 0.6 is 11.6 Å². The van der Waals surface area contributed by atoms with E-state index in [1.165, 1.54) is 11.0 Å². The lowest BCUT2D eigenvalue weighted by Gasteiger charge is -2.33. The van der Waals surface area contributed by atoms with Crippen molar-refractivity contribution in [3.05, 3.63) is 64.9 Å². The van der Waals surface area contributed by atoms with Gasteiger partial charge in [-0.25, -0.2) is 12.8 Å². The fourth-order valence-electron chi connectivity index (χ4n) is 3.66. The average Bonchev–Trinajstić information content (AvgIpc) is 2.82. The number of amides is 2. The summed E-state index contributed by atoms with van der Waals surface area (Å²) < 4.78 is 39.6. The van der Waals surface area contributed by atoms with E-state index in [2.05, 4.69) is 5.32 Å². The van der Waals surface area contributed by atoms with Gasteiger partial charge < -0.3 is 10.2 Å². The lowest BCUT2D eigenvalue weighted by Crippen LogP contribution is -2.53. The highest BCUT2D eigenvalue weighted by Crippen LogP contribution is 2.25. The molecule has 0 saturated carbocycles. The van der Waals surface area contributed by atoms with Crippen LogP contribution in [0.5, 0.6) is 0 Å². The van der Waals surface area contributed by atoms with Crippen LogP contribution in [0.15, 0.2) is 48.5 Å². The molecule has 0 aliphatic heterocycles. The quantitative estimate of drug-likeness (QED) is 0.400. The van der Waals surface area contributed by atoms with Gasteiger partial charge in [0.15, 0.2) is 0 Å². The van der Waals surface area contributed by atoms with Crippen molar-refractivity contribution in [2.45, 2.75) is 45.6 Å². The minimum Gasteiger partial charge on any atom is -0.354 e. The lowest BCUT2D eigenvalue weighted by atomic mass is 10.1. The minimum atomic E-state index is -3.91. The molecule has 7 nitrogen and oxygen atoms in total. The predicted octanol–water partition coefficient (Wildman–Crippen LogP) is 4.01. The van der Waals surface area contributed by atoms with Gasteiger partial charge in [0.25, 0.3) is 0 Å². The molecule has 35 heavy (non-hydrogen) atoms. The highest BCUT2D eigenvalue weighted by Gasteiger charge is 2.31. The van der Waals surface area contributed by atoms with Gasteiger partial charge in [-0.3, -0.25) is 13.9 Å². The average molecular weight is 526 g/mol. The number of nitrogens with one attached hydrogen (secondary N) is 1. The summed E-state index contributed by atoms with van der Waals surface area (Å²) in [7, 11) is -3.91. The zero-order valence-electron chi connectivity index (χ0n) is 20.3. The van der Waals surface area contributed by atoms with Gasteiger partial charge in [-0.2, -0.15) is 0 Å². The number of sulfonamides is 1. The van der Waals surface area contributed by atoms with E-state index in [9.17, 15) is 22.4 Å². The van der Waals surface area contributed by atoms with Crippen LogP contribution in [0, 0.1) is 5.82 Å². The lowest BCUT2D eigenvalue weighted by molar-refractivity contribution is -0.139. The summed E-state index contributed by atoms with van der Waals surface area (Å²) in [5.74, 6) is -1.52. The third-order valence-corrected chi connectivity index (χ3v) is 7.00. The summed E-state index contributed by atoms with van der Waals surface area (Å²) in [6.07, 6.45) is 3.54. The number of halogens is 2. The third kappa shape index (κ3) is 8.50. The Labute approximate surface area is 212 Å². The molecule has 0 aliphatic rings. The van der Waals surface area contributed by atoms with Crippen LogP contribution in [0.3, 0.4) is 0 Å². The molecule has 0 unspecified atom stereocenters. The number of carbonyl (C=O) groups is 2. The molecule has 0 spiro atoms. The van der Waals surface area contributed by atoms with Crippen molar-refractivity contribution < 1.29 is 22.4 Å². The summed E-state index contributed by atoms with van der Waals surface area (Å²) in [5.41, 5.74) is 1.05. The Bertz CT molecular complexity index is 1100. The van der Waals surface area contributed by atoms with Gasteiger partial charge in [-0.05, 0) is 43.0 Å². The first-order valence-corrected chi connectivity index (χ1v) is 13.8. The van der Waals surface area contributed by atoms with E-state index in [1.54, 1.807) is 6.92 Å². The van der Waals surface area contributed by atoms with E-state index in [0.717, 1.165) is 41.1 Å². The number of nitrogens with zero attached hydrogens (tertiary/aromatic N) is 2. The number of rotatable bonds is 13. The van der Waals surface area contributed by atoms with Crippen molar-refractivity contribution in [1.82, 2.24) is 10.2 Å². The maximum Gasteiger partial charge on any atom is 0.244 e. The summed E-state index contributed by atoms with van der Waals surface area (Å²) >= 11 is 5.85. The van der Waals surface area contributed by atoms with E-state index in [-0.39, 0.29) is 23.2 Å². The van der Waals surface area contributed by atoms with E-state index >= 15 is 0 Å². The van der Waals surface area contributed by atoms with Crippen molar-refractivity contribution >= 4 is 39.1 Å². The molecule has 0 bridgehead atoms. The molecule has 2 amide bonds. The second-order valence-corrected chi connectivity index (χ2v) is 10.6. The highest BCUT2D eigenvalue weighted by molar-refractivity contribution is 7.92. The maximum atomic E-state index is 13.7. The summed E-state index contributed by atoms with van der Waals surface area (Å²) in [4.78, 5) is 27.9. The second-order valence-electron chi connectivity index (χ2n) is 8.26. The van der Waals surface area contributed by atoms with Gasteiger partial charge in [-0.1, -0.05) is 62.2 Å². The number of benzene rings is 2. The van der Waals surface area contributed by atoms with Gasteiger partial charge in [0, 0.05) is 13.1 Å². The molecule has 0 heterocycles. The molecule has 1 atom stereocenters. The van der Waals surface area contributed by atoms with Gasteiger partial charge >= 0.3 is 0 Å². The normalized spacial score (nSPS) is 12.1. The monoisotopic (exact) mass is 525 g/mol. The van der Waals surface area contributed by atoms with Crippen molar-refractivity contribution in [3.63, 3.8) is 0 Å². The Morgan fingerprint density at radius 2 is 1.80 bits per heavy atom. The Morgan fingerprint density at radius 3 is 2.37 bits per heavy atom. The first kappa shape index (κ1) is 28.6. The van der Waals surface area contributed by atoms with Crippen molar-refractivity contribution in [3.8, 4) is 0 Å². The van der Waals surface area contributed by atoms with Gasteiger partial charge in [0.05, 0.1) is 17.0 Å². The molecule has 2 aromatic carbocycles. The largest absolute Gasteiger partial charge is 0.354 e. The molecule has 1 N–H and O–H groups in total. The summed E-state index contributed by atoms with van der Waals surface area (Å²) in [6.45, 7) is 4.00. The fourth-order valence-corrected chi connectivity index (χ4v) is 4.67. The van der Waals surface area contributed by atoms with Gasteiger partial charge in [-0.15, -0.1) is 0 Å². The van der Waals surface area contributed by atoms with Crippen LogP contribution in [-0.2, 0) is 26.0 Å².